The first-order chi connectivity index (χ1) is 16.0. The van der Waals surface area contributed by atoms with Gasteiger partial charge in [-0.1, -0.05) is 60.7 Å². The van der Waals surface area contributed by atoms with E-state index < -0.39 is 0 Å². The Hall–Kier alpha value is -3.42. The summed E-state index contributed by atoms with van der Waals surface area (Å²) in [7, 11) is 0. The van der Waals surface area contributed by atoms with Crippen LogP contribution in [-0.2, 0) is 9.47 Å². The quantitative estimate of drug-likeness (QED) is 0.309. The van der Waals surface area contributed by atoms with Crippen molar-refractivity contribution in [3.05, 3.63) is 89.3 Å². The van der Waals surface area contributed by atoms with E-state index in [1.54, 1.807) is 24.3 Å². The van der Waals surface area contributed by atoms with Crippen LogP contribution in [0.25, 0.3) is 20.9 Å². The first kappa shape index (κ1) is 24.2. The van der Waals surface area contributed by atoms with Crippen LogP contribution < -0.4 is 5.73 Å². The van der Waals surface area contributed by atoms with Crippen LogP contribution in [0, 0.1) is 0 Å². The van der Waals surface area contributed by atoms with Crippen LogP contribution in [0.2, 0.25) is 0 Å². The summed E-state index contributed by atoms with van der Waals surface area (Å²) in [5, 5.41) is 2.34. The van der Waals surface area contributed by atoms with Crippen LogP contribution in [0.1, 0.15) is 34.6 Å². The maximum Gasteiger partial charge on any atom is 0.341 e. The first-order valence-corrected chi connectivity index (χ1v) is 12.2. The molecule has 2 aromatic heterocycles. The summed E-state index contributed by atoms with van der Waals surface area (Å²) < 4.78 is 9.89. The predicted molar refractivity (Wildman–Crippen MR) is 136 cm³/mol. The second-order valence-corrected chi connectivity index (χ2v) is 8.76. The van der Waals surface area contributed by atoms with Gasteiger partial charge in [-0.3, -0.25) is 0 Å². The number of ether oxygens (including phenoxy) is 2. The zero-order valence-electron chi connectivity index (χ0n) is 18.4. The molecule has 4 rings (SSSR count). The van der Waals surface area contributed by atoms with Gasteiger partial charge in [0, 0.05) is 15.1 Å². The van der Waals surface area contributed by atoms with Crippen molar-refractivity contribution >= 4 is 39.6 Å². The first-order valence-electron chi connectivity index (χ1n) is 10.5. The minimum Gasteiger partial charge on any atom is -0.462 e. The summed E-state index contributed by atoms with van der Waals surface area (Å²) in [6.07, 6.45) is 0. The SMILES string of the molecule is CCOC(=O)c1cc(-c2ccccc2)sc1N.CCOC(=O)c1csc(-c2ccccc2)c1. The summed E-state index contributed by atoms with van der Waals surface area (Å²) in [4.78, 5) is 25.2. The van der Waals surface area contributed by atoms with E-state index >= 15 is 0 Å². The maximum atomic E-state index is 11.6. The van der Waals surface area contributed by atoms with E-state index in [9.17, 15) is 9.59 Å². The minimum atomic E-state index is -0.358. The van der Waals surface area contributed by atoms with Gasteiger partial charge in [0.05, 0.1) is 24.3 Å². The van der Waals surface area contributed by atoms with Crippen molar-refractivity contribution in [3.63, 3.8) is 0 Å². The van der Waals surface area contributed by atoms with Gasteiger partial charge in [0.25, 0.3) is 0 Å². The van der Waals surface area contributed by atoms with Crippen molar-refractivity contribution in [2.45, 2.75) is 13.8 Å². The molecule has 0 aliphatic carbocycles. The van der Waals surface area contributed by atoms with E-state index in [4.69, 9.17) is 15.2 Å². The van der Waals surface area contributed by atoms with Gasteiger partial charge in [0.2, 0.25) is 0 Å². The van der Waals surface area contributed by atoms with Gasteiger partial charge in [-0.15, -0.1) is 22.7 Å². The van der Waals surface area contributed by atoms with Crippen molar-refractivity contribution in [1.29, 1.82) is 0 Å². The summed E-state index contributed by atoms with van der Waals surface area (Å²) in [5.74, 6) is -0.607. The number of rotatable bonds is 6. The number of nitrogens with two attached hydrogens (primary N) is 1. The molecule has 0 saturated carbocycles. The number of esters is 2. The molecule has 0 amide bonds. The number of carbonyl (C=O) groups is 2. The third-order valence-corrected chi connectivity index (χ3v) is 6.48. The normalized spacial score (nSPS) is 10.1. The van der Waals surface area contributed by atoms with Crippen LogP contribution in [0.4, 0.5) is 5.00 Å². The Morgan fingerprint density at radius 2 is 1.33 bits per heavy atom. The van der Waals surface area contributed by atoms with Gasteiger partial charge in [-0.2, -0.15) is 0 Å². The van der Waals surface area contributed by atoms with Gasteiger partial charge in [-0.25, -0.2) is 9.59 Å². The van der Waals surface area contributed by atoms with Gasteiger partial charge in [-0.05, 0) is 37.1 Å². The van der Waals surface area contributed by atoms with Gasteiger partial charge >= 0.3 is 11.9 Å². The Labute approximate surface area is 201 Å². The van der Waals surface area contributed by atoms with Crippen molar-refractivity contribution in [1.82, 2.24) is 0 Å². The molecule has 2 aromatic carbocycles. The lowest BCUT2D eigenvalue weighted by Gasteiger charge is -1.98. The Kier molecular flexibility index (Phi) is 8.80. The van der Waals surface area contributed by atoms with E-state index in [0.717, 1.165) is 20.9 Å². The molecule has 0 fully saturated rings. The monoisotopic (exact) mass is 479 g/mol. The second-order valence-electron chi connectivity index (χ2n) is 6.76. The molecule has 0 saturated heterocycles. The third-order valence-electron chi connectivity index (χ3n) is 4.48. The number of anilines is 1. The number of benzene rings is 2. The molecule has 4 aromatic rings. The van der Waals surface area contributed by atoms with E-state index in [1.165, 1.54) is 11.3 Å². The van der Waals surface area contributed by atoms with Gasteiger partial charge < -0.3 is 15.2 Å². The highest BCUT2D eigenvalue weighted by molar-refractivity contribution is 7.19. The molecule has 0 unspecified atom stereocenters. The Bertz CT molecular complexity index is 1180. The molecule has 0 aliphatic rings. The van der Waals surface area contributed by atoms with E-state index in [1.807, 2.05) is 79.0 Å². The maximum absolute atomic E-state index is 11.6. The zero-order chi connectivity index (χ0) is 23.6. The Balaban J connectivity index is 0.000000186. The Morgan fingerprint density at radius 1 is 0.788 bits per heavy atom. The average molecular weight is 480 g/mol. The molecule has 0 bridgehead atoms. The molecule has 2 heterocycles. The highest BCUT2D eigenvalue weighted by atomic mass is 32.1. The van der Waals surface area contributed by atoms with Crippen LogP contribution in [0.15, 0.2) is 78.2 Å². The number of hydrogen-bond acceptors (Lipinski definition) is 7. The molecular formula is C26H25NO4S2. The van der Waals surface area contributed by atoms with Crippen LogP contribution in [-0.4, -0.2) is 25.2 Å². The fraction of sp³-hybridized carbons (Fsp3) is 0.154. The highest BCUT2D eigenvalue weighted by Crippen LogP contribution is 2.33. The van der Waals surface area contributed by atoms with Crippen LogP contribution in [0.5, 0.6) is 0 Å². The molecule has 0 radical (unpaired) electrons. The standard InChI is InChI=1S/C13H13NO2S.C13H12O2S/c1-2-16-13(15)10-8-11(17-12(10)14)9-6-4-3-5-7-9;1-2-15-13(14)11-8-12(16-9-11)10-6-4-3-5-7-10/h3-8H,2,14H2,1H3;3-9H,2H2,1H3. The Morgan fingerprint density at radius 3 is 1.91 bits per heavy atom. The lowest BCUT2D eigenvalue weighted by Crippen LogP contribution is -2.05. The molecular weight excluding hydrogens is 454 g/mol. The second kappa shape index (κ2) is 12.0. The molecule has 0 atom stereocenters. The van der Waals surface area contributed by atoms with Gasteiger partial charge in [0.1, 0.15) is 5.00 Å². The zero-order valence-corrected chi connectivity index (χ0v) is 20.1. The summed E-state index contributed by atoms with van der Waals surface area (Å²) in [5.41, 5.74) is 9.10. The number of carbonyl (C=O) groups excluding carboxylic acids is 2. The number of thiophene rings is 2. The van der Waals surface area contributed by atoms with Gasteiger partial charge in [0.15, 0.2) is 0 Å². The average Bonchev–Trinajstić information content (AvgIpc) is 3.49. The van der Waals surface area contributed by atoms with E-state index in [2.05, 4.69) is 0 Å². The summed E-state index contributed by atoms with van der Waals surface area (Å²) in [6.45, 7) is 4.35. The molecule has 5 nitrogen and oxygen atoms in total. The molecule has 170 valence electrons. The van der Waals surface area contributed by atoms with Crippen molar-refractivity contribution < 1.29 is 19.1 Å². The molecule has 2 N–H and O–H groups in total. The summed E-state index contributed by atoms with van der Waals surface area (Å²) in [6, 6.07) is 23.5. The number of nitrogen functional groups attached to an aromatic ring is 1. The smallest absolute Gasteiger partial charge is 0.341 e. The molecule has 7 heteroatoms. The van der Waals surface area contributed by atoms with Crippen molar-refractivity contribution in [2.24, 2.45) is 0 Å². The fourth-order valence-electron chi connectivity index (χ4n) is 2.93. The minimum absolute atomic E-state index is 0.249. The topological polar surface area (TPSA) is 78.6 Å². The van der Waals surface area contributed by atoms with E-state index in [0.29, 0.717) is 29.3 Å². The fourth-order valence-corrected chi connectivity index (χ4v) is 4.73. The molecule has 0 aliphatic heterocycles. The summed E-state index contributed by atoms with van der Waals surface area (Å²) >= 11 is 2.95. The third kappa shape index (κ3) is 6.54. The largest absolute Gasteiger partial charge is 0.462 e. The van der Waals surface area contributed by atoms with Crippen molar-refractivity contribution in [3.8, 4) is 20.9 Å². The predicted octanol–water partition coefficient (Wildman–Crippen LogP) is 6.77. The molecule has 0 spiro atoms. The lowest BCUT2D eigenvalue weighted by molar-refractivity contribution is 0.0518. The van der Waals surface area contributed by atoms with Crippen molar-refractivity contribution in [2.75, 3.05) is 18.9 Å². The number of hydrogen-bond donors (Lipinski definition) is 1. The molecule has 33 heavy (non-hydrogen) atoms. The lowest BCUT2D eigenvalue weighted by atomic mass is 10.1. The van der Waals surface area contributed by atoms with Crippen LogP contribution >= 0.6 is 22.7 Å². The van der Waals surface area contributed by atoms with Crippen LogP contribution in [0.3, 0.4) is 0 Å². The van der Waals surface area contributed by atoms with E-state index in [-0.39, 0.29) is 11.9 Å². The highest BCUT2D eigenvalue weighted by Gasteiger charge is 2.15.